The number of anilines is 1. The van der Waals surface area contributed by atoms with Gasteiger partial charge in [-0.2, -0.15) is 0 Å². The first kappa shape index (κ1) is 14.3. The fourth-order valence-corrected chi connectivity index (χ4v) is 3.98. The molecule has 0 saturated carbocycles. The molecule has 21 heavy (non-hydrogen) atoms. The number of aliphatic hydroxyl groups is 1. The molecule has 3 heterocycles. The average Bonchev–Trinajstić information content (AvgIpc) is 2.85. The summed E-state index contributed by atoms with van der Waals surface area (Å²) in [5.74, 6) is -0.0198. The topological polar surface area (TPSA) is 79.5 Å². The Hall–Kier alpha value is -1.66. The van der Waals surface area contributed by atoms with Gasteiger partial charge in [0, 0.05) is 30.8 Å². The number of carbonyl (C=O) groups excluding carboxylic acids is 1. The molecule has 0 spiro atoms. The van der Waals surface area contributed by atoms with Crippen molar-refractivity contribution in [3.8, 4) is 0 Å². The molecule has 1 saturated heterocycles. The van der Waals surface area contributed by atoms with Gasteiger partial charge in [-0.3, -0.25) is 4.79 Å². The SMILES string of the molecule is Nc1c(C(=O)N2CCCCC2CCO)sc2ncccc12. The predicted molar refractivity (Wildman–Crippen MR) is 84.4 cm³/mol. The zero-order valence-electron chi connectivity index (χ0n) is 11.8. The number of rotatable bonds is 3. The van der Waals surface area contributed by atoms with Crippen molar-refractivity contribution < 1.29 is 9.90 Å². The fraction of sp³-hybridized carbons (Fsp3) is 0.467. The highest BCUT2D eigenvalue weighted by molar-refractivity contribution is 7.21. The van der Waals surface area contributed by atoms with E-state index in [0.29, 0.717) is 17.0 Å². The normalized spacial score (nSPS) is 19.1. The number of carbonyl (C=O) groups is 1. The lowest BCUT2D eigenvalue weighted by Gasteiger charge is -2.35. The van der Waals surface area contributed by atoms with Crippen molar-refractivity contribution in [1.29, 1.82) is 0 Å². The Morgan fingerprint density at radius 2 is 2.38 bits per heavy atom. The second kappa shape index (κ2) is 5.99. The third kappa shape index (κ3) is 2.61. The van der Waals surface area contributed by atoms with Gasteiger partial charge in [0.05, 0.1) is 5.69 Å². The molecule has 5 nitrogen and oxygen atoms in total. The van der Waals surface area contributed by atoms with Gasteiger partial charge < -0.3 is 15.7 Å². The van der Waals surface area contributed by atoms with Crippen LogP contribution in [0.4, 0.5) is 5.69 Å². The molecular weight excluding hydrogens is 286 g/mol. The fourth-order valence-electron chi connectivity index (χ4n) is 2.96. The molecule has 0 bridgehead atoms. The van der Waals surface area contributed by atoms with Crippen molar-refractivity contribution in [3.05, 3.63) is 23.2 Å². The van der Waals surface area contributed by atoms with Crippen LogP contribution in [0.2, 0.25) is 0 Å². The Kier molecular flexibility index (Phi) is 4.07. The first-order valence-electron chi connectivity index (χ1n) is 7.27. The Bertz CT molecular complexity index is 653. The number of aromatic nitrogens is 1. The maximum atomic E-state index is 12.8. The molecule has 1 amide bonds. The summed E-state index contributed by atoms with van der Waals surface area (Å²) in [6, 6.07) is 3.84. The van der Waals surface area contributed by atoms with Crippen LogP contribution >= 0.6 is 11.3 Å². The molecule has 1 unspecified atom stereocenters. The first-order valence-corrected chi connectivity index (χ1v) is 8.09. The van der Waals surface area contributed by atoms with Gasteiger partial charge in [-0.25, -0.2) is 4.98 Å². The number of hydrogen-bond donors (Lipinski definition) is 2. The summed E-state index contributed by atoms with van der Waals surface area (Å²) in [6.07, 6.45) is 5.42. The quantitative estimate of drug-likeness (QED) is 0.911. The van der Waals surface area contributed by atoms with E-state index >= 15 is 0 Å². The average molecular weight is 305 g/mol. The third-order valence-electron chi connectivity index (χ3n) is 4.05. The number of pyridine rings is 1. The summed E-state index contributed by atoms with van der Waals surface area (Å²) in [5, 5.41) is 10.0. The number of nitrogens with two attached hydrogens (primary N) is 1. The van der Waals surface area contributed by atoms with Crippen molar-refractivity contribution in [1.82, 2.24) is 9.88 Å². The molecule has 2 aromatic heterocycles. The van der Waals surface area contributed by atoms with E-state index in [4.69, 9.17) is 5.73 Å². The van der Waals surface area contributed by atoms with Gasteiger partial charge in [0.2, 0.25) is 0 Å². The van der Waals surface area contributed by atoms with E-state index in [1.165, 1.54) is 11.3 Å². The van der Waals surface area contributed by atoms with Gasteiger partial charge in [-0.05, 0) is 37.8 Å². The summed E-state index contributed by atoms with van der Waals surface area (Å²) < 4.78 is 0. The summed E-state index contributed by atoms with van der Waals surface area (Å²) >= 11 is 1.36. The van der Waals surface area contributed by atoms with Gasteiger partial charge in [-0.1, -0.05) is 0 Å². The molecule has 1 aliphatic heterocycles. The van der Waals surface area contributed by atoms with Gasteiger partial charge in [0.1, 0.15) is 9.71 Å². The minimum Gasteiger partial charge on any atom is -0.397 e. The number of likely N-dealkylation sites (tertiary alicyclic amines) is 1. The molecule has 1 fully saturated rings. The van der Waals surface area contributed by atoms with Crippen LogP contribution in [-0.2, 0) is 0 Å². The number of amides is 1. The maximum absolute atomic E-state index is 12.8. The zero-order valence-corrected chi connectivity index (χ0v) is 12.6. The van der Waals surface area contributed by atoms with Crippen LogP contribution in [-0.4, -0.2) is 40.1 Å². The lowest BCUT2D eigenvalue weighted by Crippen LogP contribution is -2.44. The van der Waals surface area contributed by atoms with E-state index in [2.05, 4.69) is 4.98 Å². The highest BCUT2D eigenvalue weighted by Crippen LogP contribution is 2.34. The van der Waals surface area contributed by atoms with E-state index in [-0.39, 0.29) is 18.6 Å². The van der Waals surface area contributed by atoms with Crippen molar-refractivity contribution in [2.75, 3.05) is 18.9 Å². The highest BCUT2D eigenvalue weighted by atomic mass is 32.1. The van der Waals surface area contributed by atoms with Crippen molar-refractivity contribution in [2.45, 2.75) is 31.7 Å². The smallest absolute Gasteiger partial charge is 0.266 e. The summed E-state index contributed by atoms with van der Waals surface area (Å²) in [6.45, 7) is 0.850. The number of nitrogen functional groups attached to an aromatic ring is 1. The maximum Gasteiger partial charge on any atom is 0.266 e. The van der Waals surface area contributed by atoms with Crippen LogP contribution < -0.4 is 5.73 Å². The first-order chi connectivity index (χ1) is 10.2. The number of nitrogens with zero attached hydrogens (tertiary/aromatic N) is 2. The van der Waals surface area contributed by atoms with E-state index < -0.39 is 0 Å². The monoisotopic (exact) mass is 305 g/mol. The van der Waals surface area contributed by atoms with Crippen LogP contribution in [0.25, 0.3) is 10.2 Å². The predicted octanol–water partition coefficient (Wildman–Crippen LogP) is 2.26. The minimum absolute atomic E-state index is 0.0198. The Morgan fingerprint density at radius 3 is 3.14 bits per heavy atom. The van der Waals surface area contributed by atoms with Gasteiger partial charge >= 0.3 is 0 Å². The second-order valence-corrected chi connectivity index (χ2v) is 6.36. The third-order valence-corrected chi connectivity index (χ3v) is 5.17. The molecule has 0 radical (unpaired) electrons. The molecule has 0 aliphatic carbocycles. The summed E-state index contributed by atoms with van der Waals surface area (Å²) in [4.78, 5) is 20.3. The highest BCUT2D eigenvalue weighted by Gasteiger charge is 2.29. The van der Waals surface area contributed by atoms with Crippen molar-refractivity contribution in [3.63, 3.8) is 0 Å². The van der Waals surface area contributed by atoms with Crippen molar-refractivity contribution >= 4 is 33.1 Å². The minimum atomic E-state index is -0.0198. The van der Waals surface area contributed by atoms with Crippen LogP contribution in [0.5, 0.6) is 0 Å². The number of thiophene rings is 1. The van der Waals surface area contributed by atoms with Gasteiger partial charge in [0.15, 0.2) is 0 Å². The molecule has 2 aromatic rings. The zero-order chi connectivity index (χ0) is 14.8. The Morgan fingerprint density at radius 1 is 1.52 bits per heavy atom. The molecular formula is C15H19N3O2S. The van der Waals surface area contributed by atoms with E-state index in [1.807, 2.05) is 17.0 Å². The summed E-state index contributed by atoms with van der Waals surface area (Å²) in [7, 11) is 0. The molecule has 1 aliphatic rings. The number of hydrogen-bond acceptors (Lipinski definition) is 5. The van der Waals surface area contributed by atoms with Gasteiger partial charge in [-0.15, -0.1) is 11.3 Å². The number of piperidine rings is 1. The van der Waals surface area contributed by atoms with Gasteiger partial charge in [0.25, 0.3) is 5.91 Å². The van der Waals surface area contributed by atoms with Crippen LogP contribution in [0, 0.1) is 0 Å². The molecule has 1 atom stereocenters. The largest absolute Gasteiger partial charge is 0.397 e. The lowest BCUT2D eigenvalue weighted by atomic mass is 9.99. The summed E-state index contributed by atoms with van der Waals surface area (Å²) in [5.41, 5.74) is 6.67. The Labute approximate surface area is 127 Å². The molecule has 0 aromatic carbocycles. The molecule has 112 valence electrons. The van der Waals surface area contributed by atoms with Crippen LogP contribution in [0.15, 0.2) is 18.3 Å². The molecule has 3 N–H and O–H groups in total. The van der Waals surface area contributed by atoms with Crippen LogP contribution in [0.3, 0.4) is 0 Å². The molecule has 3 rings (SSSR count). The molecule has 6 heteroatoms. The van der Waals surface area contributed by atoms with E-state index in [9.17, 15) is 9.90 Å². The van der Waals surface area contributed by atoms with Crippen LogP contribution in [0.1, 0.15) is 35.4 Å². The van der Waals surface area contributed by atoms with Crippen molar-refractivity contribution in [2.24, 2.45) is 0 Å². The number of fused-ring (bicyclic) bond motifs is 1. The Balaban J connectivity index is 1.93. The van der Waals surface area contributed by atoms with E-state index in [1.54, 1.807) is 6.20 Å². The van der Waals surface area contributed by atoms with E-state index in [0.717, 1.165) is 36.0 Å². The standard InChI is InChI=1S/C15H19N3O2S/c16-12-11-5-3-7-17-14(11)21-13(12)15(20)18-8-2-1-4-10(18)6-9-19/h3,5,7,10,19H,1-2,4,6,8-9,16H2. The number of aliphatic hydroxyl groups excluding tert-OH is 1. The lowest BCUT2D eigenvalue weighted by molar-refractivity contribution is 0.0580. The second-order valence-electron chi connectivity index (χ2n) is 5.36.